The molecule has 1 aliphatic heterocycles. The topological polar surface area (TPSA) is 46.5 Å². The number of hydrogen-bond acceptors (Lipinski definition) is 5. The van der Waals surface area contributed by atoms with Crippen LogP contribution in [0, 0.1) is 0 Å². The molecule has 1 aliphatic rings. The minimum absolute atomic E-state index is 0.154. The molecule has 1 heterocycles. The highest BCUT2D eigenvalue weighted by Gasteiger charge is 2.29. The van der Waals surface area contributed by atoms with Crippen LogP contribution in [0.5, 0.6) is 0 Å². The van der Waals surface area contributed by atoms with Crippen molar-refractivity contribution in [3.8, 4) is 0 Å². The monoisotopic (exact) mass is 438 g/mol. The van der Waals surface area contributed by atoms with Gasteiger partial charge in [0.25, 0.3) is 0 Å². The Morgan fingerprint density at radius 3 is 2.59 bits per heavy atom. The van der Waals surface area contributed by atoms with E-state index in [0.29, 0.717) is 19.3 Å². The molecule has 0 amide bonds. The molecule has 0 aliphatic carbocycles. The van der Waals surface area contributed by atoms with Gasteiger partial charge in [0.05, 0.1) is 17.3 Å². The first-order valence-electron chi connectivity index (χ1n) is 10.8. The molecule has 0 bridgehead atoms. The fourth-order valence-electron chi connectivity index (χ4n) is 2.93. The van der Waals surface area contributed by atoms with Crippen molar-refractivity contribution in [2.45, 2.75) is 74.9 Å². The van der Waals surface area contributed by atoms with Crippen LogP contribution in [0.3, 0.4) is 0 Å². The van der Waals surface area contributed by atoms with Gasteiger partial charge in [-0.3, -0.25) is 4.79 Å². The van der Waals surface area contributed by atoms with E-state index in [4.69, 9.17) is 0 Å². The lowest BCUT2D eigenvalue weighted by atomic mass is 10.1. The van der Waals surface area contributed by atoms with Crippen molar-refractivity contribution in [2.24, 2.45) is 0 Å². The fraction of sp³-hybridized carbons (Fsp3) is 0.625. The molecule has 0 radical (unpaired) electrons. The fourth-order valence-corrected chi connectivity index (χ4v) is 5.99. The Bertz CT molecular complexity index is 546. The second-order valence-corrected chi connectivity index (χ2v) is 10.3. The Morgan fingerprint density at radius 2 is 1.86 bits per heavy atom. The highest BCUT2D eigenvalue weighted by atomic mass is 32.2. The molecule has 0 spiro atoms. The van der Waals surface area contributed by atoms with Crippen LogP contribution in [-0.4, -0.2) is 39.9 Å². The highest BCUT2D eigenvalue weighted by Crippen LogP contribution is 2.46. The number of carbonyl (C=O) groups excluding carboxylic acids is 1. The van der Waals surface area contributed by atoms with E-state index in [-0.39, 0.29) is 10.0 Å². The van der Waals surface area contributed by atoms with Crippen molar-refractivity contribution in [1.29, 1.82) is 0 Å². The molecule has 1 rings (SSSR count). The standard InChI is InChI=1S/C24H38O3S2/c1-3-4-5-6-8-11-18-24(28-20-14-21-29-24)19-12-9-7-10-15-22(25)16-13-17-23(26)27-2/h7-12,15,19,22,25H,3-6,13-14,16-18,20-21H2,1-2H3/b9-7+,11-8-,15-10+,19-12+/t22-/m1/s1. The summed E-state index contributed by atoms with van der Waals surface area (Å²) in [6.07, 6.45) is 25.2. The van der Waals surface area contributed by atoms with Crippen LogP contribution in [-0.2, 0) is 9.53 Å². The van der Waals surface area contributed by atoms with Gasteiger partial charge in [-0.05, 0) is 50.0 Å². The van der Waals surface area contributed by atoms with Crippen molar-refractivity contribution in [3.63, 3.8) is 0 Å². The molecule has 1 saturated heterocycles. The molecule has 0 aromatic heterocycles. The Morgan fingerprint density at radius 1 is 1.10 bits per heavy atom. The number of ether oxygens (including phenoxy) is 1. The second-order valence-electron chi connectivity index (χ2n) is 7.20. The normalized spacial score (nSPS) is 18.3. The van der Waals surface area contributed by atoms with Gasteiger partial charge in [-0.1, -0.05) is 68.4 Å². The number of hydrogen-bond donors (Lipinski definition) is 1. The predicted octanol–water partition coefficient (Wildman–Crippen LogP) is 6.45. The van der Waals surface area contributed by atoms with Crippen molar-refractivity contribution >= 4 is 29.5 Å². The number of thioether (sulfide) groups is 2. The molecule has 1 N–H and O–H groups in total. The SMILES string of the molecule is CCCCC/C=C\CC1(/C=C/C=C/C=C/[C@@H](O)CCCC(=O)OC)SCCCS1. The summed E-state index contributed by atoms with van der Waals surface area (Å²) in [7, 11) is 1.38. The van der Waals surface area contributed by atoms with E-state index >= 15 is 0 Å². The Kier molecular flexibility index (Phi) is 15.2. The Hall–Kier alpha value is -0.910. The minimum Gasteiger partial charge on any atom is -0.469 e. The van der Waals surface area contributed by atoms with E-state index in [2.05, 4.69) is 59.5 Å². The maximum atomic E-state index is 11.1. The molecule has 0 unspecified atom stereocenters. The molecular weight excluding hydrogens is 400 g/mol. The van der Waals surface area contributed by atoms with Crippen LogP contribution in [0.4, 0.5) is 0 Å². The van der Waals surface area contributed by atoms with Gasteiger partial charge in [0, 0.05) is 6.42 Å². The summed E-state index contributed by atoms with van der Waals surface area (Å²) in [6, 6.07) is 0. The lowest BCUT2D eigenvalue weighted by Gasteiger charge is -2.32. The highest BCUT2D eigenvalue weighted by molar-refractivity contribution is 8.19. The lowest BCUT2D eigenvalue weighted by Crippen LogP contribution is -2.21. The number of unbranched alkanes of at least 4 members (excludes halogenated alkanes) is 3. The van der Waals surface area contributed by atoms with E-state index in [1.807, 2.05) is 18.2 Å². The number of rotatable bonds is 14. The van der Waals surface area contributed by atoms with E-state index < -0.39 is 6.10 Å². The van der Waals surface area contributed by atoms with Crippen LogP contribution in [0.25, 0.3) is 0 Å². The summed E-state index contributed by atoms with van der Waals surface area (Å²) in [5, 5.41) is 9.91. The molecule has 0 aromatic rings. The third-order valence-electron chi connectivity index (χ3n) is 4.65. The maximum absolute atomic E-state index is 11.1. The summed E-state index contributed by atoms with van der Waals surface area (Å²) < 4.78 is 4.75. The van der Waals surface area contributed by atoms with Gasteiger partial charge >= 0.3 is 5.97 Å². The molecule has 5 heteroatoms. The first-order chi connectivity index (χ1) is 14.1. The van der Waals surface area contributed by atoms with Crippen molar-refractivity contribution in [2.75, 3.05) is 18.6 Å². The maximum Gasteiger partial charge on any atom is 0.305 e. The summed E-state index contributed by atoms with van der Waals surface area (Å²) in [4.78, 5) is 11.1. The van der Waals surface area contributed by atoms with Crippen molar-refractivity contribution in [3.05, 3.63) is 48.6 Å². The largest absolute Gasteiger partial charge is 0.469 e. The van der Waals surface area contributed by atoms with Crippen LogP contribution in [0.1, 0.15) is 64.7 Å². The molecule has 1 fully saturated rings. The zero-order chi connectivity index (χ0) is 21.2. The zero-order valence-corrected chi connectivity index (χ0v) is 19.7. The van der Waals surface area contributed by atoms with Crippen LogP contribution in [0.2, 0.25) is 0 Å². The van der Waals surface area contributed by atoms with Crippen LogP contribution >= 0.6 is 23.5 Å². The third-order valence-corrected chi connectivity index (χ3v) is 7.93. The average molecular weight is 439 g/mol. The number of aliphatic hydroxyl groups is 1. The minimum atomic E-state index is -0.526. The van der Waals surface area contributed by atoms with E-state index in [9.17, 15) is 9.90 Å². The summed E-state index contributed by atoms with van der Waals surface area (Å²) in [6.45, 7) is 2.24. The number of methoxy groups -OCH3 is 1. The first-order valence-corrected chi connectivity index (χ1v) is 12.8. The number of carbonyl (C=O) groups is 1. The summed E-state index contributed by atoms with van der Waals surface area (Å²) >= 11 is 4.11. The average Bonchev–Trinajstić information content (AvgIpc) is 2.73. The van der Waals surface area contributed by atoms with E-state index in [1.54, 1.807) is 6.08 Å². The van der Waals surface area contributed by atoms with E-state index in [1.165, 1.54) is 50.7 Å². The zero-order valence-electron chi connectivity index (χ0n) is 18.1. The van der Waals surface area contributed by atoms with Gasteiger partial charge in [0.2, 0.25) is 0 Å². The quantitative estimate of drug-likeness (QED) is 0.146. The number of esters is 1. The molecule has 3 nitrogen and oxygen atoms in total. The number of allylic oxidation sites excluding steroid dienone is 6. The molecule has 164 valence electrons. The first kappa shape index (κ1) is 26.1. The molecule has 0 aromatic carbocycles. The molecule has 29 heavy (non-hydrogen) atoms. The van der Waals surface area contributed by atoms with Gasteiger partial charge < -0.3 is 9.84 Å². The number of aliphatic hydroxyl groups excluding tert-OH is 1. The van der Waals surface area contributed by atoms with Crippen LogP contribution < -0.4 is 0 Å². The lowest BCUT2D eigenvalue weighted by molar-refractivity contribution is -0.140. The van der Waals surface area contributed by atoms with Crippen LogP contribution in [0.15, 0.2) is 48.6 Å². The second kappa shape index (κ2) is 16.8. The van der Waals surface area contributed by atoms with Gasteiger partial charge in [-0.2, -0.15) is 0 Å². The summed E-state index contributed by atoms with van der Waals surface area (Å²) in [5.41, 5.74) is 0. The molecular formula is C24H38O3S2. The predicted molar refractivity (Wildman–Crippen MR) is 129 cm³/mol. The van der Waals surface area contributed by atoms with Gasteiger partial charge in [-0.15, -0.1) is 23.5 Å². The molecule has 1 atom stereocenters. The van der Waals surface area contributed by atoms with Crippen molar-refractivity contribution < 1.29 is 14.6 Å². The Labute approximate surface area is 186 Å². The molecule has 0 saturated carbocycles. The summed E-state index contributed by atoms with van der Waals surface area (Å²) in [5.74, 6) is 2.22. The van der Waals surface area contributed by atoms with Gasteiger partial charge in [0.15, 0.2) is 0 Å². The smallest absolute Gasteiger partial charge is 0.305 e. The Balaban J connectivity index is 2.41. The van der Waals surface area contributed by atoms with Gasteiger partial charge in [0.1, 0.15) is 0 Å². The third kappa shape index (κ3) is 13.1. The van der Waals surface area contributed by atoms with Gasteiger partial charge in [-0.25, -0.2) is 0 Å². The van der Waals surface area contributed by atoms with E-state index in [0.717, 1.165) is 6.42 Å². The van der Waals surface area contributed by atoms with Crippen molar-refractivity contribution in [1.82, 2.24) is 0 Å².